The second kappa shape index (κ2) is 12.0. The zero-order valence-corrected chi connectivity index (χ0v) is 22.9. The molecule has 1 aliphatic rings. The van der Waals surface area contributed by atoms with E-state index in [-0.39, 0.29) is 25.0 Å². The van der Waals surface area contributed by atoms with Crippen molar-refractivity contribution >= 4 is 43.5 Å². The van der Waals surface area contributed by atoms with Crippen LogP contribution in [-0.4, -0.2) is 50.0 Å². The molecule has 2 aromatic carbocycles. The van der Waals surface area contributed by atoms with Gasteiger partial charge in [-0.2, -0.15) is 0 Å². The number of anilines is 1. The minimum absolute atomic E-state index is 0.128. The van der Waals surface area contributed by atoms with E-state index in [0.717, 1.165) is 51.8 Å². The van der Waals surface area contributed by atoms with E-state index in [2.05, 4.69) is 21.2 Å². The van der Waals surface area contributed by atoms with Crippen molar-refractivity contribution in [1.29, 1.82) is 0 Å². The van der Waals surface area contributed by atoms with Crippen molar-refractivity contribution < 1.29 is 18.0 Å². The molecular weight excluding hydrogens is 530 g/mol. The van der Waals surface area contributed by atoms with Gasteiger partial charge in [-0.05, 0) is 56.0 Å². The van der Waals surface area contributed by atoms with Crippen molar-refractivity contribution in [3.8, 4) is 0 Å². The summed E-state index contributed by atoms with van der Waals surface area (Å²) in [6, 6.07) is 14.0. The van der Waals surface area contributed by atoms with Crippen LogP contribution in [0.25, 0.3) is 0 Å². The smallest absolute Gasteiger partial charge is 0.244 e. The third-order valence-corrected chi connectivity index (χ3v) is 7.99. The van der Waals surface area contributed by atoms with Gasteiger partial charge in [-0.3, -0.25) is 13.9 Å². The minimum Gasteiger partial charge on any atom is -0.352 e. The number of carbonyl (C=O) groups is 2. The average molecular weight is 565 g/mol. The predicted molar refractivity (Wildman–Crippen MR) is 143 cm³/mol. The van der Waals surface area contributed by atoms with Crippen molar-refractivity contribution in [3.63, 3.8) is 0 Å². The molecule has 190 valence electrons. The molecule has 2 aromatic rings. The highest BCUT2D eigenvalue weighted by atomic mass is 79.9. The van der Waals surface area contributed by atoms with Crippen molar-refractivity contribution in [1.82, 2.24) is 10.2 Å². The monoisotopic (exact) mass is 563 g/mol. The van der Waals surface area contributed by atoms with Gasteiger partial charge in [0, 0.05) is 17.1 Å². The first-order valence-corrected chi connectivity index (χ1v) is 14.6. The molecule has 0 bridgehead atoms. The van der Waals surface area contributed by atoms with Crippen molar-refractivity contribution in [2.24, 2.45) is 0 Å². The molecule has 1 fully saturated rings. The molecule has 1 atom stereocenters. The van der Waals surface area contributed by atoms with E-state index < -0.39 is 22.0 Å². The summed E-state index contributed by atoms with van der Waals surface area (Å²) in [4.78, 5) is 28.5. The van der Waals surface area contributed by atoms with E-state index in [0.29, 0.717) is 12.1 Å². The van der Waals surface area contributed by atoms with Crippen LogP contribution in [0.4, 0.5) is 5.69 Å². The highest BCUT2D eigenvalue weighted by Gasteiger charge is 2.33. The van der Waals surface area contributed by atoms with E-state index in [1.54, 1.807) is 24.3 Å². The lowest BCUT2D eigenvalue weighted by atomic mass is 10.1. The maximum absolute atomic E-state index is 13.7. The summed E-state index contributed by atoms with van der Waals surface area (Å²) in [5.41, 5.74) is 2.33. The minimum atomic E-state index is -3.74. The van der Waals surface area contributed by atoms with Crippen LogP contribution in [0.1, 0.15) is 50.2 Å². The van der Waals surface area contributed by atoms with Crippen LogP contribution in [0.2, 0.25) is 0 Å². The molecule has 7 nitrogen and oxygen atoms in total. The summed E-state index contributed by atoms with van der Waals surface area (Å²) in [5, 5.41) is 3.11. The third-order valence-electron chi connectivity index (χ3n) is 6.32. The number of aryl methyl sites for hydroxylation is 1. The third kappa shape index (κ3) is 7.54. The van der Waals surface area contributed by atoms with Gasteiger partial charge >= 0.3 is 0 Å². The molecule has 3 rings (SSSR count). The standard InChI is InChI=1S/C26H34BrN3O4S/c1-4-24(26(32)28-22-10-5-6-11-22)29(17-20-9-7-8-19(2)16-20)25(31)18-30(35(3,33)34)23-14-12-21(27)13-15-23/h7-9,12-16,22,24H,4-6,10-11,17-18H2,1-3H3,(H,28,32). The van der Waals surface area contributed by atoms with E-state index >= 15 is 0 Å². The van der Waals surface area contributed by atoms with Crippen molar-refractivity contribution in [2.75, 3.05) is 17.1 Å². The SMILES string of the molecule is CCC(C(=O)NC1CCCC1)N(Cc1cccc(C)c1)C(=O)CN(c1ccc(Br)cc1)S(C)(=O)=O. The molecule has 1 unspecified atom stereocenters. The molecule has 9 heteroatoms. The number of hydrogen-bond acceptors (Lipinski definition) is 4. The Morgan fingerprint density at radius 2 is 1.77 bits per heavy atom. The van der Waals surface area contributed by atoms with Crippen molar-refractivity contribution in [3.05, 3.63) is 64.1 Å². The van der Waals surface area contributed by atoms with Crippen LogP contribution < -0.4 is 9.62 Å². The van der Waals surface area contributed by atoms with Crippen molar-refractivity contribution in [2.45, 2.75) is 64.6 Å². The Kier molecular flexibility index (Phi) is 9.35. The number of benzene rings is 2. The average Bonchev–Trinajstić information content (AvgIpc) is 3.30. The maximum Gasteiger partial charge on any atom is 0.244 e. The normalized spacial score (nSPS) is 15.0. The highest BCUT2D eigenvalue weighted by Crippen LogP contribution is 2.23. The molecule has 1 N–H and O–H groups in total. The number of carbonyl (C=O) groups excluding carboxylic acids is 2. The van der Waals surface area contributed by atoms with Gasteiger partial charge in [-0.25, -0.2) is 8.42 Å². The second-order valence-electron chi connectivity index (χ2n) is 9.17. The van der Waals surface area contributed by atoms with Crippen LogP contribution in [0.5, 0.6) is 0 Å². The highest BCUT2D eigenvalue weighted by molar-refractivity contribution is 9.10. The first kappa shape index (κ1) is 27.2. The van der Waals surface area contributed by atoms with Gasteiger partial charge in [0.1, 0.15) is 12.6 Å². The van der Waals surface area contributed by atoms with Gasteiger partial charge in [-0.1, -0.05) is 65.5 Å². The molecule has 0 heterocycles. The number of nitrogens with one attached hydrogen (secondary N) is 1. The molecule has 1 aliphatic carbocycles. The molecular formula is C26H34BrN3O4S. The molecule has 0 radical (unpaired) electrons. The van der Waals surface area contributed by atoms with Crippen LogP contribution in [0, 0.1) is 6.92 Å². The van der Waals surface area contributed by atoms with Crippen LogP contribution in [0.15, 0.2) is 53.0 Å². The fraction of sp³-hybridized carbons (Fsp3) is 0.462. The topological polar surface area (TPSA) is 86.8 Å². The van der Waals surface area contributed by atoms with Gasteiger partial charge in [0.15, 0.2) is 0 Å². The van der Waals surface area contributed by atoms with Crippen LogP contribution >= 0.6 is 15.9 Å². The number of hydrogen-bond donors (Lipinski definition) is 1. The molecule has 35 heavy (non-hydrogen) atoms. The summed E-state index contributed by atoms with van der Waals surface area (Å²) in [5.74, 6) is -0.608. The van der Waals surface area contributed by atoms with Gasteiger partial charge in [0.2, 0.25) is 21.8 Å². The second-order valence-corrected chi connectivity index (χ2v) is 12.0. The van der Waals surface area contributed by atoms with Gasteiger partial charge in [0.05, 0.1) is 11.9 Å². The molecule has 1 saturated carbocycles. The summed E-state index contributed by atoms with van der Waals surface area (Å²) >= 11 is 3.35. The Hall–Kier alpha value is -2.39. The van der Waals surface area contributed by atoms with Gasteiger partial charge < -0.3 is 10.2 Å². The number of halogens is 1. The predicted octanol–water partition coefficient (Wildman–Crippen LogP) is 4.39. The number of nitrogens with zero attached hydrogens (tertiary/aromatic N) is 2. The zero-order chi connectivity index (χ0) is 25.6. The fourth-order valence-corrected chi connectivity index (χ4v) is 5.63. The van der Waals surface area contributed by atoms with E-state index in [1.807, 2.05) is 38.1 Å². The van der Waals surface area contributed by atoms with E-state index in [1.165, 1.54) is 4.90 Å². The lowest BCUT2D eigenvalue weighted by Crippen LogP contribution is -2.53. The summed E-state index contributed by atoms with van der Waals surface area (Å²) in [7, 11) is -3.74. The van der Waals surface area contributed by atoms with Crippen LogP contribution in [0.3, 0.4) is 0 Å². The van der Waals surface area contributed by atoms with Crippen LogP contribution in [-0.2, 0) is 26.2 Å². The fourth-order valence-electron chi connectivity index (χ4n) is 4.52. The lowest BCUT2D eigenvalue weighted by molar-refractivity contribution is -0.140. The number of sulfonamides is 1. The molecule has 0 aliphatic heterocycles. The molecule has 2 amide bonds. The summed E-state index contributed by atoms with van der Waals surface area (Å²) < 4.78 is 27.2. The Morgan fingerprint density at radius 3 is 2.34 bits per heavy atom. The Morgan fingerprint density at radius 1 is 1.11 bits per heavy atom. The Labute approximate surface area is 217 Å². The van der Waals surface area contributed by atoms with Gasteiger partial charge in [-0.15, -0.1) is 0 Å². The Balaban J connectivity index is 1.91. The molecule has 0 aromatic heterocycles. The molecule has 0 spiro atoms. The van der Waals surface area contributed by atoms with Gasteiger partial charge in [0.25, 0.3) is 0 Å². The van der Waals surface area contributed by atoms with E-state index in [9.17, 15) is 18.0 Å². The molecule has 0 saturated heterocycles. The summed E-state index contributed by atoms with van der Waals surface area (Å²) in [6.07, 6.45) is 5.57. The number of rotatable bonds is 10. The lowest BCUT2D eigenvalue weighted by Gasteiger charge is -2.33. The van der Waals surface area contributed by atoms with E-state index in [4.69, 9.17) is 0 Å². The maximum atomic E-state index is 13.7. The number of amides is 2. The quantitative estimate of drug-likeness (QED) is 0.464. The first-order valence-electron chi connectivity index (χ1n) is 12.0. The largest absolute Gasteiger partial charge is 0.352 e. The zero-order valence-electron chi connectivity index (χ0n) is 20.5. The Bertz CT molecular complexity index is 1130. The summed E-state index contributed by atoms with van der Waals surface area (Å²) in [6.45, 7) is 3.67. The first-order chi connectivity index (χ1) is 16.6.